The second kappa shape index (κ2) is 9.21. The molecule has 0 atom stereocenters. The number of morpholine rings is 1. The van der Waals surface area contributed by atoms with E-state index in [1.807, 2.05) is 18.2 Å². The highest BCUT2D eigenvalue weighted by atomic mass is 35.5. The summed E-state index contributed by atoms with van der Waals surface area (Å²) in [6, 6.07) is 8.67. The van der Waals surface area contributed by atoms with E-state index in [-0.39, 0.29) is 6.03 Å². The number of ether oxygens (including phenoxy) is 1. The summed E-state index contributed by atoms with van der Waals surface area (Å²) in [4.78, 5) is 22.5. The van der Waals surface area contributed by atoms with Crippen LogP contribution in [-0.2, 0) is 4.74 Å². The summed E-state index contributed by atoms with van der Waals surface area (Å²) in [5.74, 6) is 1.59. The Balaban J connectivity index is 1.42. The normalized spacial score (nSPS) is 14.0. The van der Waals surface area contributed by atoms with Gasteiger partial charge in [-0.1, -0.05) is 23.7 Å². The predicted octanol–water partition coefficient (Wildman–Crippen LogP) is 2.20. The Bertz CT molecular complexity index is 739. The van der Waals surface area contributed by atoms with Crippen LogP contribution in [-0.4, -0.2) is 55.4 Å². The molecule has 3 rings (SSSR count). The van der Waals surface area contributed by atoms with Gasteiger partial charge in [0.15, 0.2) is 0 Å². The van der Waals surface area contributed by atoms with E-state index in [1.165, 1.54) is 6.33 Å². The van der Waals surface area contributed by atoms with Crippen LogP contribution in [0.4, 0.5) is 22.1 Å². The van der Waals surface area contributed by atoms with E-state index in [0.29, 0.717) is 37.0 Å². The van der Waals surface area contributed by atoms with E-state index in [1.54, 1.807) is 12.1 Å². The summed E-state index contributed by atoms with van der Waals surface area (Å²) < 4.78 is 5.35. The number of para-hydroxylation sites is 1. The van der Waals surface area contributed by atoms with Crippen LogP contribution in [0.15, 0.2) is 36.7 Å². The van der Waals surface area contributed by atoms with Gasteiger partial charge >= 0.3 is 6.03 Å². The van der Waals surface area contributed by atoms with Crippen molar-refractivity contribution in [1.82, 2.24) is 15.3 Å². The molecule has 2 aromatic rings. The molecule has 1 aliphatic rings. The molecule has 0 aliphatic carbocycles. The van der Waals surface area contributed by atoms with Crippen LogP contribution in [0.1, 0.15) is 0 Å². The van der Waals surface area contributed by atoms with Crippen LogP contribution in [0.2, 0.25) is 5.02 Å². The third-order valence-corrected chi connectivity index (χ3v) is 4.16. The molecule has 0 bridgehead atoms. The number of urea groups is 1. The molecule has 2 heterocycles. The zero-order chi connectivity index (χ0) is 18.2. The van der Waals surface area contributed by atoms with Gasteiger partial charge < -0.3 is 25.6 Å². The first-order chi connectivity index (χ1) is 12.7. The average Bonchev–Trinajstić information content (AvgIpc) is 2.68. The third-order valence-electron chi connectivity index (χ3n) is 3.83. The van der Waals surface area contributed by atoms with Crippen molar-refractivity contribution in [2.45, 2.75) is 0 Å². The van der Waals surface area contributed by atoms with Gasteiger partial charge in [0.25, 0.3) is 0 Å². The molecule has 1 saturated heterocycles. The molecule has 26 heavy (non-hydrogen) atoms. The summed E-state index contributed by atoms with van der Waals surface area (Å²) in [6.07, 6.45) is 1.53. The molecule has 1 aromatic heterocycles. The summed E-state index contributed by atoms with van der Waals surface area (Å²) in [7, 11) is 0. The first kappa shape index (κ1) is 18.2. The lowest BCUT2D eigenvalue weighted by atomic mass is 10.3. The Morgan fingerprint density at radius 3 is 2.81 bits per heavy atom. The fraction of sp³-hybridized carbons (Fsp3) is 0.353. The number of carbonyl (C=O) groups excluding carboxylic acids is 1. The molecule has 0 unspecified atom stereocenters. The zero-order valence-electron chi connectivity index (χ0n) is 14.2. The monoisotopic (exact) mass is 376 g/mol. The smallest absolute Gasteiger partial charge is 0.319 e. The van der Waals surface area contributed by atoms with Crippen molar-refractivity contribution < 1.29 is 9.53 Å². The van der Waals surface area contributed by atoms with Crippen LogP contribution in [0, 0.1) is 0 Å². The van der Waals surface area contributed by atoms with Gasteiger partial charge in [-0.3, -0.25) is 0 Å². The fourth-order valence-electron chi connectivity index (χ4n) is 2.50. The molecule has 9 heteroatoms. The van der Waals surface area contributed by atoms with Gasteiger partial charge in [0, 0.05) is 32.2 Å². The quantitative estimate of drug-likeness (QED) is 0.669. The zero-order valence-corrected chi connectivity index (χ0v) is 15.0. The number of amides is 2. The highest BCUT2D eigenvalue weighted by Crippen LogP contribution is 2.20. The minimum absolute atomic E-state index is 0.309. The molecule has 1 aromatic carbocycles. The highest BCUT2D eigenvalue weighted by Gasteiger charge is 2.12. The van der Waals surface area contributed by atoms with Crippen molar-refractivity contribution in [3.05, 3.63) is 41.7 Å². The first-order valence-electron chi connectivity index (χ1n) is 8.40. The van der Waals surface area contributed by atoms with Gasteiger partial charge in [-0.2, -0.15) is 0 Å². The Morgan fingerprint density at radius 2 is 2.00 bits per heavy atom. The number of halogens is 1. The maximum absolute atomic E-state index is 11.9. The summed E-state index contributed by atoms with van der Waals surface area (Å²) >= 11 is 6.01. The number of hydrogen-bond acceptors (Lipinski definition) is 6. The minimum Gasteiger partial charge on any atom is -0.378 e. The molecule has 8 nitrogen and oxygen atoms in total. The van der Waals surface area contributed by atoms with Gasteiger partial charge in [0.05, 0.1) is 23.9 Å². The van der Waals surface area contributed by atoms with E-state index in [9.17, 15) is 4.79 Å². The molecule has 1 aliphatic heterocycles. The van der Waals surface area contributed by atoms with Crippen molar-refractivity contribution in [2.24, 2.45) is 0 Å². The van der Waals surface area contributed by atoms with Crippen LogP contribution in [0.3, 0.4) is 0 Å². The van der Waals surface area contributed by atoms with Crippen molar-refractivity contribution in [3.8, 4) is 0 Å². The first-order valence-corrected chi connectivity index (χ1v) is 8.78. The maximum atomic E-state index is 11.9. The van der Waals surface area contributed by atoms with E-state index in [4.69, 9.17) is 16.3 Å². The lowest BCUT2D eigenvalue weighted by Gasteiger charge is -2.27. The average molecular weight is 377 g/mol. The maximum Gasteiger partial charge on any atom is 0.319 e. The third kappa shape index (κ3) is 5.21. The minimum atomic E-state index is -0.309. The van der Waals surface area contributed by atoms with Crippen molar-refractivity contribution in [1.29, 1.82) is 0 Å². The van der Waals surface area contributed by atoms with Crippen molar-refractivity contribution in [3.63, 3.8) is 0 Å². The number of nitrogens with one attached hydrogen (secondary N) is 3. The second-order valence-corrected chi connectivity index (χ2v) is 6.06. The Kier molecular flexibility index (Phi) is 6.45. The Hall–Kier alpha value is -2.58. The molecule has 138 valence electrons. The second-order valence-electron chi connectivity index (χ2n) is 5.65. The summed E-state index contributed by atoms with van der Waals surface area (Å²) in [6.45, 7) is 4.03. The standard InChI is InChI=1S/C17H21ClN6O2/c18-13-3-1-2-4-14(13)23-17(25)20-6-5-19-15-11-16(22-12-21-15)24-7-9-26-10-8-24/h1-4,11-12H,5-10H2,(H,19,21,22)(H2,20,23,25). The molecule has 2 amide bonds. The topological polar surface area (TPSA) is 91.4 Å². The van der Waals surface area contributed by atoms with E-state index >= 15 is 0 Å². The molecule has 1 fully saturated rings. The summed E-state index contributed by atoms with van der Waals surface area (Å²) in [5, 5.41) is 9.15. The van der Waals surface area contributed by atoms with Crippen LogP contribution < -0.4 is 20.9 Å². The Morgan fingerprint density at radius 1 is 1.19 bits per heavy atom. The number of benzene rings is 1. The van der Waals surface area contributed by atoms with Gasteiger partial charge in [0.1, 0.15) is 18.0 Å². The lowest BCUT2D eigenvalue weighted by Crippen LogP contribution is -2.36. The molecule has 0 saturated carbocycles. The van der Waals surface area contributed by atoms with E-state index in [2.05, 4.69) is 30.8 Å². The molecular weight excluding hydrogens is 356 g/mol. The van der Waals surface area contributed by atoms with E-state index in [0.717, 1.165) is 24.7 Å². The molecule has 3 N–H and O–H groups in total. The summed E-state index contributed by atoms with van der Waals surface area (Å²) in [5.41, 5.74) is 0.575. The van der Waals surface area contributed by atoms with Crippen molar-refractivity contribution >= 4 is 35.0 Å². The van der Waals surface area contributed by atoms with Gasteiger partial charge in [-0.25, -0.2) is 14.8 Å². The predicted molar refractivity (Wildman–Crippen MR) is 102 cm³/mol. The van der Waals surface area contributed by atoms with Crippen molar-refractivity contribution in [2.75, 3.05) is 54.9 Å². The van der Waals surface area contributed by atoms with Gasteiger partial charge in [-0.05, 0) is 12.1 Å². The number of nitrogens with zero attached hydrogens (tertiary/aromatic N) is 3. The number of carbonyl (C=O) groups is 1. The van der Waals surface area contributed by atoms with Crippen LogP contribution in [0.5, 0.6) is 0 Å². The van der Waals surface area contributed by atoms with Gasteiger partial charge in [0.2, 0.25) is 0 Å². The van der Waals surface area contributed by atoms with E-state index < -0.39 is 0 Å². The molecular formula is C17H21ClN6O2. The highest BCUT2D eigenvalue weighted by molar-refractivity contribution is 6.33. The fourth-order valence-corrected chi connectivity index (χ4v) is 2.69. The molecule has 0 spiro atoms. The SMILES string of the molecule is O=C(NCCNc1cc(N2CCOCC2)ncn1)Nc1ccccc1Cl. The largest absolute Gasteiger partial charge is 0.378 e. The Labute approximate surface area is 156 Å². The number of hydrogen-bond donors (Lipinski definition) is 3. The van der Waals surface area contributed by atoms with Crippen LogP contribution >= 0.6 is 11.6 Å². The van der Waals surface area contributed by atoms with Gasteiger partial charge in [-0.15, -0.1) is 0 Å². The van der Waals surface area contributed by atoms with Crippen LogP contribution in [0.25, 0.3) is 0 Å². The number of anilines is 3. The number of rotatable bonds is 6. The lowest BCUT2D eigenvalue weighted by molar-refractivity contribution is 0.122. The number of aromatic nitrogens is 2. The molecule has 0 radical (unpaired) electrons.